The Labute approximate surface area is 165 Å². The smallest absolute Gasteiger partial charge is 0.471 e. The number of aliphatic hydroxyl groups excluding tert-OH is 1. The summed E-state index contributed by atoms with van der Waals surface area (Å²) in [5.74, 6) is -1.96. The topological polar surface area (TPSA) is 177 Å². The van der Waals surface area contributed by atoms with Crippen molar-refractivity contribution in [3.05, 3.63) is 0 Å². The Morgan fingerprint density at radius 2 is 1.07 bits per heavy atom. The average molecular weight is 417 g/mol. The van der Waals surface area contributed by atoms with Gasteiger partial charge in [0.1, 0.15) is 6.79 Å². The van der Waals surface area contributed by atoms with E-state index in [1.54, 1.807) is 20.3 Å². The predicted molar refractivity (Wildman–Crippen MR) is 94.8 cm³/mol. The fourth-order valence-electron chi connectivity index (χ4n) is 0.368. The molecule has 0 spiro atoms. The molecule has 0 radical (unpaired) electrons. The van der Waals surface area contributed by atoms with Gasteiger partial charge in [-0.25, -0.2) is 14.4 Å². The summed E-state index contributed by atoms with van der Waals surface area (Å²) in [5, 5.41) is 14.3. The summed E-state index contributed by atoms with van der Waals surface area (Å²) in [4.78, 5) is 38.8. The molecule has 0 aromatic rings. The van der Waals surface area contributed by atoms with Crippen molar-refractivity contribution >= 4 is 24.6 Å². The monoisotopic (exact) mass is 417 g/mol. The third-order valence-electron chi connectivity index (χ3n) is 1.20. The molecule has 0 atom stereocenters. The maximum absolute atomic E-state index is 10.0. The summed E-state index contributed by atoms with van der Waals surface area (Å²) in [5.41, 5.74) is 0. The second-order valence-corrected chi connectivity index (χ2v) is 2.89. The van der Waals surface area contributed by atoms with E-state index in [1.807, 2.05) is 0 Å². The Kier molecular flexibility index (Phi) is 70.7. The van der Waals surface area contributed by atoms with E-state index >= 15 is 0 Å². The molecule has 0 aromatic carbocycles. The molecule has 13 heteroatoms. The number of aliphatic hydroxyl groups is 1. The number of esters is 2. The van der Waals surface area contributed by atoms with Crippen LogP contribution < -0.4 is 0 Å². The van der Waals surface area contributed by atoms with Crippen molar-refractivity contribution < 1.29 is 57.4 Å². The lowest BCUT2D eigenvalue weighted by atomic mass is 10.7. The van der Waals surface area contributed by atoms with Crippen LogP contribution >= 0.6 is 0 Å². The Balaban J connectivity index is -0.0000000547. The highest BCUT2D eigenvalue weighted by Gasteiger charge is 2.11. The van der Waals surface area contributed by atoms with Gasteiger partial charge in [0.05, 0.1) is 41.6 Å². The van der Waals surface area contributed by atoms with Crippen LogP contribution in [0.2, 0.25) is 0 Å². The summed E-state index contributed by atoms with van der Waals surface area (Å²) in [7, 11) is 10.2. The molecule has 0 bridgehead atoms. The molecule has 0 rings (SSSR count). The molecule has 0 saturated carbocycles. The maximum Gasteiger partial charge on any atom is 0.507 e. The highest BCUT2D eigenvalue weighted by atomic mass is 16.7. The van der Waals surface area contributed by atoms with Crippen molar-refractivity contribution in [2.45, 2.75) is 6.92 Å². The van der Waals surface area contributed by atoms with Crippen LogP contribution in [0.4, 0.5) is 4.79 Å². The van der Waals surface area contributed by atoms with Crippen molar-refractivity contribution in [1.82, 2.24) is 0 Å². The van der Waals surface area contributed by atoms with E-state index in [0.717, 1.165) is 21.3 Å². The zero-order valence-corrected chi connectivity index (χ0v) is 17.7. The molecule has 13 nitrogen and oxygen atoms in total. The van der Waals surface area contributed by atoms with E-state index in [0.29, 0.717) is 13.3 Å². The number of nitrogens with zero attached hydrogens (tertiary/aromatic N) is 1. The third kappa shape index (κ3) is 77.2. The van der Waals surface area contributed by atoms with Gasteiger partial charge in [0.25, 0.3) is 6.47 Å². The minimum Gasteiger partial charge on any atom is -0.471 e. The molecular formula is C15H31NO12. The van der Waals surface area contributed by atoms with Gasteiger partial charge < -0.3 is 38.3 Å². The first kappa shape index (κ1) is 39.9. The molecule has 0 aromatic heterocycles. The molecule has 0 aliphatic carbocycles. The Hall–Kier alpha value is -2.95. The summed E-state index contributed by atoms with van der Waals surface area (Å²) in [6.45, 7) is 2.19. The summed E-state index contributed by atoms with van der Waals surface area (Å²) in [6.07, 6.45) is -0.657. The highest BCUT2D eigenvalue weighted by Crippen LogP contribution is 1.76. The standard InChI is InChI=1S/C4H6O4.C3H6O3.C3H8O2.C2H3N.C2H4O2.CH4O/c1-7-3(5)4(6)8-2;1-5-3(4)6-2;1-4-3-5-2;1-2-3;1-4-2-3;1-2/h1-2H3;1-2H3;3H2,1-2H3;1H3;2H,1H3;2H,1H3. The van der Waals surface area contributed by atoms with Crippen LogP contribution in [-0.4, -0.2) is 93.3 Å². The second kappa shape index (κ2) is 49.6. The van der Waals surface area contributed by atoms with Gasteiger partial charge in [-0.1, -0.05) is 0 Å². The first-order valence-corrected chi connectivity index (χ1v) is 6.76. The number of ether oxygens (including phenoxy) is 7. The van der Waals surface area contributed by atoms with Crippen LogP contribution in [0.15, 0.2) is 0 Å². The third-order valence-corrected chi connectivity index (χ3v) is 1.20. The number of rotatable bonds is 3. The summed E-state index contributed by atoms with van der Waals surface area (Å²) >= 11 is 0. The lowest BCUT2D eigenvalue weighted by molar-refractivity contribution is -0.164. The van der Waals surface area contributed by atoms with Crippen molar-refractivity contribution in [3.63, 3.8) is 0 Å². The normalized spacial score (nSPS) is 6.46. The van der Waals surface area contributed by atoms with Crippen molar-refractivity contribution in [2.75, 3.05) is 63.7 Å². The Bertz CT molecular complexity index is 347. The Morgan fingerprint density at radius 1 is 0.821 bits per heavy atom. The number of hydrogen-bond donors (Lipinski definition) is 1. The van der Waals surface area contributed by atoms with Gasteiger partial charge in [0, 0.05) is 28.3 Å². The zero-order valence-electron chi connectivity index (χ0n) is 17.7. The van der Waals surface area contributed by atoms with Crippen LogP contribution in [0.3, 0.4) is 0 Å². The van der Waals surface area contributed by atoms with E-state index in [9.17, 15) is 14.4 Å². The number of nitriles is 1. The first-order chi connectivity index (χ1) is 13.3. The lowest BCUT2D eigenvalue weighted by Crippen LogP contribution is -2.16. The van der Waals surface area contributed by atoms with Crippen LogP contribution in [0.1, 0.15) is 6.92 Å². The van der Waals surface area contributed by atoms with Crippen molar-refractivity contribution in [1.29, 1.82) is 5.26 Å². The molecule has 28 heavy (non-hydrogen) atoms. The molecule has 0 fully saturated rings. The molecule has 0 aliphatic heterocycles. The number of carbonyl (C=O) groups is 4. The SMILES string of the molecule is CC#N.CO.COC(=O)C(=O)OC.COC(=O)OC.COC=O.COCOC. The van der Waals surface area contributed by atoms with Crippen molar-refractivity contribution in [3.8, 4) is 6.07 Å². The lowest BCUT2D eigenvalue weighted by Gasteiger charge is -1.92. The quantitative estimate of drug-likeness (QED) is 0.212. The predicted octanol–water partition coefficient (Wildman–Crippen LogP) is -0.104. The average Bonchev–Trinajstić information content (AvgIpc) is 2.75. The first-order valence-electron chi connectivity index (χ1n) is 6.76. The minimum atomic E-state index is -0.979. The van der Waals surface area contributed by atoms with Gasteiger partial charge in [-0.3, -0.25) is 4.79 Å². The number of carbonyl (C=O) groups excluding carboxylic acids is 4. The van der Waals surface area contributed by atoms with E-state index < -0.39 is 18.1 Å². The molecule has 0 aliphatic rings. The van der Waals surface area contributed by atoms with Crippen molar-refractivity contribution in [2.24, 2.45) is 0 Å². The molecule has 0 heterocycles. The van der Waals surface area contributed by atoms with Crippen LogP contribution in [-0.2, 0) is 47.5 Å². The van der Waals surface area contributed by atoms with Gasteiger partial charge in [-0.2, -0.15) is 5.26 Å². The van der Waals surface area contributed by atoms with E-state index in [2.05, 4.69) is 33.2 Å². The fourth-order valence-corrected chi connectivity index (χ4v) is 0.368. The molecule has 1 N–H and O–H groups in total. The molecular weight excluding hydrogens is 386 g/mol. The Morgan fingerprint density at radius 3 is 1.11 bits per heavy atom. The molecule has 0 saturated heterocycles. The molecule has 168 valence electrons. The van der Waals surface area contributed by atoms with Gasteiger partial charge in [-0.05, 0) is 0 Å². The fraction of sp³-hybridized carbons (Fsp3) is 0.667. The molecule has 0 unspecified atom stereocenters. The highest BCUT2D eigenvalue weighted by molar-refractivity contribution is 6.29. The van der Waals surface area contributed by atoms with E-state index in [1.165, 1.54) is 28.3 Å². The van der Waals surface area contributed by atoms with Crippen LogP contribution in [0.25, 0.3) is 0 Å². The van der Waals surface area contributed by atoms with E-state index in [4.69, 9.17) is 15.2 Å². The second-order valence-electron chi connectivity index (χ2n) is 2.89. The van der Waals surface area contributed by atoms with Crippen LogP contribution in [0, 0.1) is 11.3 Å². The number of methoxy groups -OCH3 is 7. The molecule has 0 amide bonds. The van der Waals surface area contributed by atoms with Crippen LogP contribution in [0.5, 0.6) is 0 Å². The summed E-state index contributed by atoms with van der Waals surface area (Å²) < 4.78 is 28.9. The summed E-state index contributed by atoms with van der Waals surface area (Å²) in [6, 6.07) is 1.75. The maximum atomic E-state index is 10.0. The van der Waals surface area contributed by atoms with Gasteiger partial charge >= 0.3 is 18.1 Å². The zero-order chi connectivity index (χ0) is 23.8. The van der Waals surface area contributed by atoms with Gasteiger partial charge in [-0.15, -0.1) is 0 Å². The number of hydrogen-bond acceptors (Lipinski definition) is 13. The van der Waals surface area contributed by atoms with Gasteiger partial charge in [0.15, 0.2) is 0 Å². The minimum absolute atomic E-state index is 0.375. The van der Waals surface area contributed by atoms with E-state index in [-0.39, 0.29) is 0 Å². The van der Waals surface area contributed by atoms with Gasteiger partial charge in [0.2, 0.25) is 0 Å². The largest absolute Gasteiger partial charge is 0.507 e.